The van der Waals surface area contributed by atoms with Crippen molar-refractivity contribution in [3.8, 4) is 5.75 Å². The third-order valence-electron chi connectivity index (χ3n) is 7.82. The van der Waals surface area contributed by atoms with E-state index in [0.717, 1.165) is 5.56 Å². The first-order chi connectivity index (χ1) is 24.5. The highest BCUT2D eigenvalue weighted by molar-refractivity contribution is 5.75. The maximum atomic E-state index is 14.3. The summed E-state index contributed by atoms with van der Waals surface area (Å²) in [5.74, 6) is -0.587. The maximum Gasteiger partial charge on any atom is 0.415 e. The second kappa shape index (κ2) is 17.0. The summed E-state index contributed by atoms with van der Waals surface area (Å²) in [5.41, 5.74) is -0.471. The minimum atomic E-state index is -0.965. The number of hydrogen-bond acceptors (Lipinski definition) is 10. The van der Waals surface area contributed by atoms with Gasteiger partial charge in [-0.1, -0.05) is 60.7 Å². The van der Waals surface area contributed by atoms with Crippen molar-refractivity contribution in [3.63, 3.8) is 0 Å². The number of carbonyl (C=O) groups excluding carboxylic acids is 4. The molecule has 1 fully saturated rings. The monoisotopic (exact) mass is 718 g/mol. The van der Waals surface area contributed by atoms with Crippen LogP contribution in [-0.4, -0.2) is 87.3 Å². The van der Waals surface area contributed by atoms with Crippen molar-refractivity contribution in [3.05, 3.63) is 106 Å². The first kappa shape index (κ1) is 39.1. The number of piperazine rings is 1. The van der Waals surface area contributed by atoms with Gasteiger partial charge in [0.15, 0.2) is 0 Å². The molecule has 14 heteroatoms. The van der Waals surface area contributed by atoms with Crippen LogP contribution in [0.1, 0.15) is 65.1 Å². The first-order valence-corrected chi connectivity index (χ1v) is 16.9. The largest absolute Gasteiger partial charge is 0.461 e. The molecule has 52 heavy (non-hydrogen) atoms. The van der Waals surface area contributed by atoms with Crippen LogP contribution < -0.4 is 4.74 Å². The van der Waals surface area contributed by atoms with Crippen LogP contribution in [0.25, 0.3) is 0 Å². The predicted octanol–water partition coefficient (Wildman–Crippen LogP) is 7.13. The van der Waals surface area contributed by atoms with E-state index in [1.54, 1.807) is 71.9 Å². The van der Waals surface area contributed by atoms with Crippen LogP contribution in [0, 0.1) is 10.1 Å². The molecule has 1 saturated heterocycles. The van der Waals surface area contributed by atoms with E-state index in [-0.39, 0.29) is 50.6 Å². The van der Waals surface area contributed by atoms with Crippen LogP contribution >= 0.6 is 0 Å². The van der Waals surface area contributed by atoms with Crippen LogP contribution in [-0.2, 0) is 25.6 Å². The van der Waals surface area contributed by atoms with E-state index in [0.29, 0.717) is 5.56 Å². The Bertz CT molecular complexity index is 1690. The maximum absolute atomic E-state index is 14.3. The van der Waals surface area contributed by atoms with Crippen molar-refractivity contribution < 1.29 is 43.0 Å². The molecule has 1 aliphatic rings. The zero-order valence-corrected chi connectivity index (χ0v) is 30.4. The molecule has 3 aromatic carbocycles. The van der Waals surface area contributed by atoms with Gasteiger partial charge in [-0.25, -0.2) is 14.4 Å². The SMILES string of the molecule is CC(C)(C)OC(=O)N1CCN(C(=O)OC(C)(C)C)[C@H](CN(C(=O)Oc2ccc([N+](=O)[O-])cc2)C(CC(=O)OCc2ccccc2)c2ccccc2)C1. The van der Waals surface area contributed by atoms with Gasteiger partial charge in [0, 0.05) is 38.3 Å². The molecule has 0 bridgehead atoms. The number of nitrogens with zero attached hydrogens (tertiary/aromatic N) is 4. The molecule has 0 radical (unpaired) electrons. The van der Waals surface area contributed by atoms with Gasteiger partial charge in [0.1, 0.15) is 23.6 Å². The Morgan fingerprint density at radius 3 is 1.98 bits per heavy atom. The number of nitro groups is 1. The lowest BCUT2D eigenvalue weighted by atomic mass is 10.0. The topological polar surface area (TPSA) is 158 Å². The lowest BCUT2D eigenvalue weighted by Gasteiger charge is -2.44. The van der Waals surface area contributed by atoms with Crippen LogP contribution in [0.2, 0.25) is 0 Å². The molecule has 14 nitrogen and oxygen atoms in total. The number of amides is 3. The molecular weight excluding hydrogens is 672 g/mol. The normalized spacial score (nSPS) is 15.2. The van der Waals surface area contributed by atoms with Gasteiger partial charge in [-0.05, 0) is 64.8 Å². The quantitative estimate of drug-likeness (QED) is 0.0914. The molecule has 1 heterocycles. The number of rotatable bonds is 10. The minimum Gasteiger partial charge on any atom is -0.461 e. The molecule has 4 rings (SSSR count). The lowest BCUT2D eigenvalue weighted by Crippen LogP contribution is -2.61. The second-order valence-electron chi connectivity index (χ2n) is 14.3. The number of benzene rings is 3. The summed E-state index contributed by atoms with van der Waals surface area (Å²) in [6, 6.07) is 21.1. The number of non-ortho nitro benzene ring substituents is 1. The predicted molar refractivity (Wildman–Crippen MR) is 190 cm³/mol. The number of carbonyl (C=O) groups is 4. The molecule has 0 aliphatic carbocycles. The molecule has 2 atom stereocenters. The average molecular weight is 719 g/mol. The van der Waals surface area contributed by atoms with Gasteiger partial charge in [-0.2, -0.15) is 0 Å². The van der Waals surface area contributed by atoms with Gasteiger partial charge >= 0.3 is 24.2 Å². The Kier molecular flexibility index (Phi) is 12.8. The van der Waals surface area contributed by atoms with Crippen molar-refractivity contribution in [2.24, 2.45) is 0 Å². The van der Waals surface area contributed by atoms with Crippen LogP contribution in [0.15, 0.2) is 84.9 Å². The molecular formula is C38H46N4O10. The van der Waals surface area contributed by atoms with E-state index in [1.165, 1.54) is 39.0 Å². The summed E-state index contributed by atoms with van der Waals surface area (Å²) in [6.07, 6.45) is -2.44. The van der Waals surface area contributed by atoms with Crippen molar-refractivity contribution in [1.82, 2.24) is 14.7 Å². The highest BCUT2D eigenvalue weighted by Crippen LogP contribution is 2.30. The molecule has 0 spiro atoms. The first-order valence-electron chi connectivity index (χ1n) is 16.9. The Balaban J connectivity index is 1.73. The lowest BCUT2D eigenvalue weighted by molar-refractivity contribution is -0.384. The van der Waals surface area contributed by atoms with E-state index in [4.69, 9.17) is 18.9 Å². The van der Waals surface area contributed by atoms with Crippen molar-refractivity contribution in [1.29, 1.82) is 0 Å². The summed E-state index contributed by atoms with van der Waals surface area (Å²) in [4.78, 5) is 69.5. The number of hydrogen-bond donors (Lipinski definition) is 0. The molecule has 1 unspecified atom stereocenters. The van der Waals surface area contributed by atoms with Gasteiger partial charge in [0.25, 0.3) is 5.69 Å². The Morgan fingerprint density at radius 2 is 1.40 bits per heavy atom. The molecule has 0 aromatic heterocycles. The van der Waals surface area contributed by atoms with E-state index >= 15 is 0 Å². The van der Waals surface area contributed by atoms with E-state index in [9.17, 15) is 29.3 Å². The summed E-state index contributed by atoms with van der Waals surface area (Å²) < 4.78 is 22.7. The molecule has 3 amide bonds. The fraction of sp³-hybridized carbons (Fsp3) is 0.421. The van der Waals surface area contributed by atoms with Gasteiger partial charge in [0.2, 0.25) is 0 Å². The average Bonchev–Trinajstić information content (AvgIpc) is 3.08. The van der Waals surface area contributed by atoms with Crippen LogP contribution in [0.4, 0.5) is 20.1 Å². The molecule has 0 saturated carbocycles. The van der Waals surface area contributed by atoms with Gasteiger partial charge < -0.3 is 23.8 Å². The summed E-state index contributed by atoms with van der Waals surface area (Å²) in [5, 5.41) is 11.2. The minimum absolute atomic E-state index is 0.00825. The number of esters is 1. The summed E-state index contributed by atoms with van der Waals surface area (Å²) in [6.45, 7) is 10.4. The fourth-order valence-electron chi connectivity index (χ4n) is 5.45. The van der Waals surface area contributed by atoms with E-state index in [2.05, 4.69) is 0 Å². The summed E-state index contributed by atoms with van der Waals surface area (Å²) in [7, 11) is 0. The van der Waals surface area contributed by atoms with Crippen molar-refractivity contribution in [2.45, 2.75) is 77.9 Å². The van der Waals surface area contributed by atoms with Crippen LogP contribution in [0.3, 0.4) is 0 Å². The van der Waals surface area contributed by atoms with E-state index in [1.807, 2.05) is 30.3 Å². The highest BCUT2D eigenvalue weighted by Gasteiger charge is 2.40. The van der Waals surface area contributed by atoms with Gasteiger partial charge in [-0.15, -0.1) is 0 Å². The van der Waals surface area contributed by atoms with E-state index < -0.39 is 52.5 Å². The number of nitro benzene ring substituents is 1. The number of ether oxygens (including phenoxy) is 4. The molecule has 1 aliphatic heterocycles. The van der Waals surface area contributed by atoms with Crippen molar-refractivity contribution in [2.75, 3.05) is 26.2 Å². The third kappa shape index (κ3) is 11.7. The Labute approximate surface area is 303 Å². The molecule has 3 aromatic rings. The van der Waals surface area contributed by atoms with Gasteiger partial charge in [0.05, 0.1) is 23.4 Å². The van der Waals surface area contributed by atoms with Crippen LogP contribution in [0.5, 0.6) is 5.75 Å². The van der Waals surface area contributed by atoms with Crippen molar-refractivity contribution >= 4 is 29.9 Å². The Morgan fingerprint density at radius 1 is 0.827 bits per heavy atom. The standard InChI is InChI=1S/C38H46N4O10/c1-37(2,3)51-34(44)39-21-22-40(36(46)52-38(4,5)6)30(24-39)25-41(35(45)50-31-19-17-29(18-20-31)42(47)48)32(28-15-11-8-12-16-28)23-33(43)49-26-27-13-9-7-10-14-27/h7-20,30,32H,21-26H2,1-6H3/t30-,32?/m0/s1. The smallest absolute Gasteiger partial charge is 0.415 e. The zero-order valence-electron chi connectivity index (χ0n) is 30.4. The molecule has 0 N–H and O–H groups in total. The summed E-state index contributed by atoms with van der Waals surface area (Å²) >= 11 is 0. The highest BCUT2D eigenvalue weighted by atomic mass is 16.6. The Hall–Kier alpha value is -5.66. The fourth-order valence-corrected chi connectivity index (χ4v) is 5.45. The second-order valence-corrected chi connectivity index (χ2v) is 14.3. The zero-order chi connectivity index (χ0) is 38.1. The van der Waals surface area contributed by atoms with Gasteiger partial charge in [-0.3, -0.25) is 24.7 Å². The third-order valence-corrected chi connectivity index (χ3v) is 7.82. The molecule has 278 valence electrons.